The molecule has 2 rings (SSSR count). The van der Waals surface area contributed by atoms with Gasteiger partial charge in [-0.3, -0.25) is 0 Å². The first kappa shape index (κ1) is 16.3. The minimum Gasteiger partial charge on any atom is -0.396 e. The third kappa shape index (κ3) is 3.96. The Morgan fingerprint density at radius 2 is 2.10 bits per heavy atom. The van der Waals surface area contributed by atoms with Crippen molar-refractivity contribution >= 4 is 0 Å². The van der Waals surface area contributed by atoms with Crippen LogP contribution < -0.4 is 5.32 Å². The molecule has 1 aliphatic heterocycles. The van der Waals surface area contributed by atoms with Gasteiger partial charge in [-0.05, 0) is 62.4 Å². The van der Waals surface area contributed by atoms with Crippen LogP contribution in [0.5, 0.6) is 0 Å². The molecular formula is C17H34N2O. The maximum atomic E-state index is 9.38. The van der Waals surface area contributed by atoms with Crippen LogP contribution in [0.4, 0.5) is 0 Å². The van der Waals surface area contributed by atoms with E-state index in [4.69, 9.17) is 0 Å². The fraction of sp³-hybridized carbons (Fsp3) is 1.00. The molecule has 0 amide bonds. The van der Waals surface area contributed by atoms with Crippen molar-refractivity contribution in [2.45, 2.75) is 58.9 Å². The van der Waals surface area contributed by atoms with Gasteiger partial charge in [0.2, 0.25) is 0 Å². The molecule has 2 aliphatic rings. The van der Waals surface area contributed by atoms with E-state index in [1.54, 1.807) is 0 Å². The topological polar surface area (TPSA) is 35.5 Å². The van der Waals surface area contributed by atoms with Crippen molar-refractivity contribution < 1.29 is 5.11 Å². The maximum absolute atomic E-state index is 9.38. The SMILES string of the molecule is CCCNC1C(CN2CCCC(CO)C2)CCC1(C)C. The molecule has 3 atom stereocenters. The quantitative estimate of drug-likeness (QED) is 0.786. The Bertz CT molecular complexity index is 293. The highest BCUT2D eigenvalue weighted by atomic mass is 16.3. The summed E-state index contributed by atoms with van der Waals surface area (Å²) in [5, 5.41) is 13.2. The van der Waals surface area contributed by atoms with Crippen LogP contribution >= 0.6 is 0 Å². The zero-order valence-electron chi connectivity index (χ0n) is 13.7. The molecular weight excluding hydrogens is 248 g/mol. The normalized spacial score (nSPS) is 34.5. The molecule has 2 fully saturated rings. The molecule has 1 aliphatic carbocycles. The second-order valence-corrected chi connectivity index (χ2v) is 7.67. The number of aliphatic hydroxyl groups excluding tert-OH is 1. The Balaban J connectivity index is 1.90. The summed E-state index contributed by atoms with van der Waals surface area (Å²) in [7, 11) is 0. The van der Waals surface area contributed by atoms with Crippen LogP contribution in [-0.4, -0.2) is 48.8 Å². The molecule has 3 unspecified atom stereocenters. The third-order valence-corrected chi connectivity index (χ3v) is 5.44. The number of nitrogens with one attached hydrogen (secondary N) is 1. The van der Waals surface area contributed by atoms with Crippen LogP contribution in [-0.2, 0) is 0 Å². The lowest BCUT2D eigenvalue weighted by atomic mass is 9.84. The highest BCUT2D eigenvalue weighted by Crippen LogP contribution is 2.42. The second-order valence-electron chi connectivity index (χ2n) is 7.67. The maximum Gasteiger partial charge on any atom is 0.0471 e. The van der Waals surface area contributed by atoms with E-state index >= 15 is 0 Å². The predicted molar refractivity (Wildman–Crippen MR) is 84.8 cm³/mol. The molecule has 0 bridgehead atoms. The number of hydrogen-bond donors (Lipinski definition) is 2. The van der Waals surface area contributed by atoms with Gasteiger partial charge in [0.25, 0.3) is 0 Å². The molecule has 3 nitrogen and oxygen atoms in total. The average molecular weight is 282 g/mol. The lowest BCUT2D eigenvalue weighted by Crippen LogP contribution is -2.47. The average Bonchev–Trinajstić information content (AvgIpc) is 2.72. The molecule has 118 valence electrons. The van der Waals surface area contributed by atoms with Crippen molar-refractivity contribution in [3.63, 3.8) is 0 Å². The Morgan fingerprint density at radius 3 is 2.80 bits per heavy atom. The summed E-state index contributed by atoms with van der Waals surface area (Å²) in [6, 6.07) is 0.664. The molecule has 0 spiro atoms. The zero-order chi connectivity index (χ0) is 14.6. The Kier molecular flexibility index (Phi) is 5.88. The number of piperidine rings is 1. The highest BCUT2D eigenvalue weighted by molar-refractivity contribution is 4.97. The first-order valence-corrected chi connectivity index (χ1v) is 8.63. The molecule has 2 N–H and O–H groups in total. The monoisotopic (exact) mass is 282 g/mol. The lowest BCUT2D eigenvalue weighted by Gasteiger charge is -2.37. The zero-order valence-corrected chi connectivity index (χ0v) is 13.7. The smallest absolute Gasteiger partial charge is 0.0471 e. The van der Waals surface area contributed by atoms with E-state index < -0.39 is 0 Å². The molecule has 1 saturated carbocycles. The van der Waals surface area contributed by atoms with E-state index in [0.29, 0.717) is 24.0 Å². The summed E-state index contributed by atoms with van der Waals surface area (Å²) in [5.41, 5.74) is 0.437. The fourth-order valence-corrected chi connectivity index (χ4v) is 4.25. The van der Waals surface area contributed by atoms with Crippen molar-refractivity contribution in [2.75, 3.05) is 32.8 Å². The lowest BCUT2D eigenvalue weighted by molar-refractivity contribution is 0.0992. The Morgan fingerprint density at radius 1 is 1.30 bits per heavy atom. The number of likely N-dealkylation sites (tertiary alicyclic amines) is 1. The van der Waals surface area contributed by atoms with Gasteiger partial charge in [-0.25, -0.2) is 0 Å². The van der Waals surface area contributed by atoms with E-state index in [1.165, 1.54) is 45.2 Å². The van der Waals surface area contributed by atoms with Gasteiger partial charge in [-0.2, -0.15) is 0 Å². The number of nitrogens with zero attached hydrogens (tertiary/aromatic N) is 1. The van der Waals surface area contributed by atoms with Gasteiger partial charge in [0.15, 0.2) is 0 Å². The van der Waals surface area contributed by atoms with E-state index in [9.17, 15) is 5.11 Å². The molecule has 1 heterocycles. The van der Waals surface area contributed by atoms with Gasteiger partial charge < -0.3 is 15.3 Å². The summed E-state index contributed by atoms with van der Waals surface area (Å²) in [6.45, 7) is 12.2. The molecule has 0 aromatic rings. The van der Waals surface area contributed by atoms with Gasteiger partial charge in [0.05, 0.1) is 0 Å². The van der Waals surface area contributed by atoms with Crippen molar-refractivity contribution in [2.24, 2.45) is 17.3 Å². The van der Waals surface area contributed by atoms with Gasteiger partial charge >= 0.3 is 0 Å². The first-order valence-electron chi connectivity index (χ1n) is 8.63. The summed E-state index contributed by atoms with van der Waals surface area (Å²) in [6.07, 6.45) is 6.38. The number of aliphatic hydroxyl groups is 1. The van der Waals surface area contributed by atoms with E-state index in [1.807, 2.05) is 0 Å². The Hall–Kier alpha value is -0.120. The molecule has 20 heavy (non-hydrogen) atoms. The second kappa shape index (κ2) is 7.24. The largest absolute Gasteiger partial charge is 0.396 e. The van der Waals surface area contributed by atoms with Crippen LogP contribution in [0.2, 0.25) is 0 Å². The van der Waals surface area contributed by atoms with Crippen LogP contribution in [0.1, 0.15) is 52.9 Å². The number of hydrogen-bond acceptors (Lipinski definition) is 3. The van der Waals surface area contributed by atoms with Crippen molar-refractivity contribution in [1.29, 1.82) is 0 Å². The van der Waals surface area contributed by atoms with Crippen LogP contribution in [0.3, 0.4) is 0 Å². The molecule has 0 radical (unpaired) electrons. The van der Waals surface area contributed by atoms with Crippen LogP contribution in [0.25, 0.3) is 0 Å². The van der Waals surface area contributed by atoms with Crippen LogP contribution in [0.15, 0.2) is 0 Å². The summed E-state index contributed by atoms with van der Waals surface area (Å²) < 4.78 is 0. The molecule has 0 aromatic carbocycles. The summed E-state index contributed by atoms with van der Waals surface area (Å²) >= 11 is 0. The summed E-state index contributed by atoms with van der Waals surface area (Å²) in [5.74, 6) is 1.30. The van der Waals surface area contributed by atoms with Crippen molar-refractivity contribution in [3.05, 3.63) is 0 Å². The minimum absolute atomic E-state index is 0.365. The van der Waals surface area contributed by atoms with Gasteiger partial charge in [0, 0.05) is 25.7 Å². The van der Waals surface area contributed by atoms with Gasteiger partial charge in [-0.1, -0.05) is 20.8 Å². The van der Waals surface area contributed by atoms with Gasteiger partial charge in [-0.15, -0.1) is 0 Å². The van der Waals surface area contributed by atoms with Crippen molar-refractivity contribution in [1.82, 2.24) is 10.2 Å². The first-order chi connectivity index (χ1) is 9.56. The van der Waals surface area contributed by atoms with Gasteiger partial charge in [0.1, 0.15) is 0 Å². The minimum atomic E-state index is 0.365. The highest BCUT2D eigenvalue weighted by Gasteiger charge is 2.42. The van der Waals surface area contributed by atoms with E-state index in [-0.39, 0.29) is 0 Å². The molecule has 0 aromatic heterocycles. The molecule has 1 saturated heterocycles. The predicted octanol–water partition coefficient (Wildman–Crippen LogP) is 2.50. The van der Waals surface area contributed by atoms with E-state index in [0.717, 1.165) is 19.0 Å². The van der Waals surface area contributed by atoms with E-state index in [2.05, 4.69) is 31.0 Å². The Labute approximate surface area is 125 Å². The van der Waals surface area contributed by atoms with Crippen molar-refractivity contribution in [3.8, 4) is 0 Å². The molecule has 3 heteroatoms. The number of rotatable bonds is 6. The third-order valence-electron chi connectivity index (χ3n) is 5.44. The fourth-order valence-electron chi connectivity index (χ4n) is 4.25. The summed E-state index contributed by atoms with van der Waals surface area (Å²) in [4.78, 5) is 2.61. The standard InChI is InChI=1S/C17H34N2O/c1-4-9-18-16-15(7-8-17(16,2)3)12-19-10-5-6-14(11-19)13-20/h14-16,18,20H,4-13H2,1-3H3. The van der Waals surface area contributed by atoms with Crippen LogP contribution in [0, 0.1) is 17.3 Å².